The number of halogens is 5. The molecular formula is C24H14F5N3O. The molecule has 1 aromatic heterocycles. The fourth-order valence-electron chi connectivity index (χ4n) is 3.97. The lowest BCUT2D eigenvalue weighted by molar-refractivity contribution is -0.247. The van der Waals surface area contributed by atoms with Crippen LogP contribution in [0, 0.1) is 11.6 Å². The summed E-state index contributed by atoms with van der Waals surface area (Å²) in [6.45, 7) is 0. The number of hydrogen-bond acceptors (Lipinski definition) is 3. The van der Waals surface area contributed by atoms with Gasteiger partial charge < -0.3 is 5.11 Å². The molecule has 0 aliphatic heterocycles. The molecule has 0 saturated carbocycles. The zero-order valence-corrected chi connectivity index (χ0v) is 16.7. The highest BCUT2D eigenvalue weighted by molar-refractivity contribution is 5.88. The first-order valence-electron chi connectivity index (χ1n) is 9.79. The summed E-state index contributed by atoms with van der Waals surface area (Å²) in [7, 11) is 0. The normalized spacial score (nSPS) is 14.0. The van der Waals surface area contributed by atoms with Crippen molar-refractivity contribution in [2.75, 3.05) is 0 Å². The third kappa shape index (κ3) is 3.23. The minimum absolute atomic E-state index is 0.0407. The van der Waals surface area contributed by atoms with E-state index < -0.39 is 34.5 Å². The van der Waals surface area contributed by atoms with Crippen LogP contribution in [0.1, 0.15) is 11.1 Å². The number of nitrogens with zero attached hydrogens (tertiary/aromatic N) is 3. The van der Waals surface area contributed by atoms with Crippen LogP contribution in [-0.2, 0) is 5.60 Å². The van der Waals surface area contributed by atoms with Gasteiger partial charge in [-0.25, -0.2) is 13.5 Å². The Balaban J connectivity index is 1.72. The largest absolute Gasteiger partial charge is 0.425 e. The third-order valence-corrected chi connectivity index (χ3v) is 5.61. The Morgan fingerprint density at radius 2 is 1.48 bits per heavy atom. The van der Waals surface area contributed by atoms with Crippen molar-refractivity contribution < 1.29 is 27.1 Å². The first-order chi connectivity index (χ1) is 15.7. The molecule has 0 spiro atoms. The molecule has 166 valence electrons. The molecule has 33 heavy (non-hydrogen) atoms. The standard InChI is InChI=1S/C24H14F5N3O/c25-15-6-8-16(9-7-15)32-22-12-5-14(13-21(22)30-31-32)23(33,24(27,28)29)19-10-11-20(26)18-4-2-1-3-17(18)19/h1-13,33H. The van der Waals surface area contributed by atoms with Gasteiger partial charge in [0.15, 0.2) is 0 Å². The number of aliphatic hydroxyl groups is 1. The topological polar surface area (TPSA) is 50.9 Å². The van der Waals surface area contributed by atoms with Crippen LogP contribution in [0.2, 0.25) is 0 Å². The maximum atomic E-state index is 14.4. The SMILES string of the molecule is OC(c1ccc2c(c1)nnn2-c1ccc(F)cc1)(c1ccc(F)c2ccccc12)C(F)(F)F. The fraction of sp³-hybridized carbons (Fsp3) is 0.0833. The summed E-state index contributed by atoms with van der Waals surface area (Å²) in [5.74, 6) is -1.15. The average molecular weight is 455 g/mol. The number of rotatable bonds is 3. The average Bonchev–Trinajstić information content (AvgIpc) is 3.22. The Morgan fingerprint density at radius 1 is 0.788 bits per heavy atom. The van der Waals surface area contributed by atoms with Gasteiger partial charge in [-0.1, -0.05) is 41.6 Å². The highest BCUT2D eigenvalue weighted by Gasteiger charge is 2.57. The van der Waals surface area contributed by atoms with Crippen LogP contribution in [0.25, 0.3) is 27.5 Å². The van der Waals surface area contributed by atoms with Gasteiger partial charge in [0.05, 0.1) is 11.2 Å². The van der Waals surface area contributed by atoms with Crippen LogP contribution >= 0.6 is 0 Å². The first-order valence-corrected chi connectivity index (χ1v) is 9.79. The van der Waals surface area contributed by atoms with Gasteiger partial charge in [-0.05, 0) is 53.4 Å². The van der Waals surface area contributed by atoms with Crippen molar-refractivity contribution in [3.63, 3.8) is 0 Å². The monoisotopic (exact) mass is 455 g/mol. The fourth-order valence-corrected chi connectivity index (χ4v) is 3.97. The number of hydrogen-bond donors (Lipinski definition) is 1. The number of fused-ring (bicyclic) bond motifs is 2. The molecule has 5 rings (SSSR count). The van der Waals surface area contributed by atoms with Crippen molar-refractivity contribution in [3.8, 4) is 5.69 Å². The van der Waals surface area contributed by atoms with Gasteiger partial charge in [-0.3, -0.25) is 0 Å². The molecule has 1 atom stereocenters. The summed E-state index contributed by atoms with van der Waals surface area (Å²) in [5, 5.41) is 18.9. The molecule has 5 aromatic rings. The second kappa shape index (κ2) is 7.35. The Kier molecular flexibility index (Phi) is 4.68. The molecule has 1 N–H and O–H groups in total. The molecule has 0 fully saturated rings. The molecular weight excluding hydrogens is 441 g/mol. The van der Waals surface area contributed by atoms with Crippen LogP contribution in [0.3, 0.4) is 0 Å². The maximum absolute atomic E-state index is 14.4. The molecule has 4 nitrogen and oxygen atoms in total. The number of alkyl halides is 3. The molecule has 0 radical (unpaired) electrons. The second-order valence-electron chi connectivity index (χ2n) is 7.53. The minimum Gasteiger partial charge on any atom is -0.372 e. The van der Waals surface area contributed by atoms with Crippen molar-refractivity contribution >= 4 is 21.8 Å². The van der Waals surface area contributed by atoms with Crippen LogP contribution in [-0.4, -0.2) is 26.3 Å². The van der Waals surface area contributed by atoms with E-state index in [1.165, 1.54) is 59.3 Å². The summed E-state index contributed by atoms with van der Waals surface area (Å²) in [4.78, 5) is 0. The Labute approximate surface area is 183 Å². The zero-order chi connectivity index (χ0) is 23.4. The van der Waals surface area contributed by atoms with Gasteiger partial charge in [0.2, 0.25) is 5.60 Å². The second-order valence-corrected chi connectivity index (χ2v) is 7.53. The van der Waals surface area contributed by atoms with Crippen LogP contribution < -0.4 is 0 Å². The Bertz CT molecular complexity index is 1490. The maximum Gasteiger partial charge on any atom is 0.425 e. The molecule has 1 heterocycles. The van der Waals surface area contributed by atoms with E-state index in [0.717, 1.165) is 24.3 Å². The van der Waals surface area contributed by atoms with Gasteiger partial charge >= 0.3 is 6.18 Å². The van der Waals surface area contributed by atoms with Crippen molar-refractivity contribution in [2.24, 2.45) is 0 Å². The van der Waals surface area contributed by atoms with Gasteiger partial charge in [-0.2, -0.15) is 13.2 Å². The predicted molar refractivity (Wildman–Crippen MR) is 112 cm³/mol. The minimum atomic E-state index is -5.13. The van der Waals surface area contributed by atoms with E-state index in [1.54, 1.807) is 0 Å². The van der Waals surface area contributed by atoms with Crippen molar-refractivity contribution in [1.82, 2.24) is 15.0 Å². The van der Waals surface area contributed by atoms with Crippen LogP contribution in [0.4, 0.5) is 22.0 Å². The summed E-state index contributed by atoms with van der Waals surface area (Å²) in [5.41, 5.74) is -3.52. The van der Waals surface area contributed by atoms with Gasteiger partial charge in [0.1, 0.15) is 17.2 Å². The zero-order valence-electron chi connectivity index (χ0n) is 16.7. The van der Waals surface area contributed by atoms with Crippen LogP contribution in [0.5, 0.6) is 0 Å². The summed E-state index contributed by atoms with van der Waals surface area (Å²) in [6, 6.07) is 16.4. The molecule has 0 aliphatic carbocycles. The summed E-state index contributed by atoms with van der Waals surface area (Å²) >= 11 is 0. The Hall–Kier alpha value is -3.85. The van der Waals surface area contributed by atoms with Gasteiger partial charge in [-0.15, -0.1) is 5.10 Å². The van der Waals surface area contributed by atoms with E-state index in [9.17, 15) is 27.1 Å². The lowest BCUT2D eigenvalue weighted by atomic mass is 9.82. The van der Waals surface area contributed by atoms with Crippen molar-refractivity contribution in [1.29, 1.82) is 0 Å². The van der Waals surface area contributed by atoms with Crippen LogP contribution in [0.15, 0.2) is 78.9 Å². The van der Waals surface area contributed by atoms with E-state index in [4.69, 9.17) is 0 Å². The van der Waals surface area contributed by atoms with Crippen molar-refractivity contribution in [2.45, 2.75) is 11.8 Å². The lowest BCUT2D eigenvalue weighted by Crippen LogP contribution is -2.43. The molecule has 0 bridgehead atoms. The number of aromatic nitrogens is 3. The smallest absolute Gasteiger partial charge is 0.372 e. The lowest BCUT2D eigenvalue weighted by Gasteiger charge is -2.32. The Morgan fingerprint density at radius 3 is 2.18 bits per heavy atom. The predicted octanol–water partition coefficient (Wildman–Crippen LogP) is 5.65. The molecule has 0 amide bonds. The van der Waals surface area contributed by atoms with Gasteiger partial charge in [0, 0.05) is 10.9 Å². The quantitative estimate of drug-likeness (QED) is 0.358. The molecule has 1 unspecified atom stereocenters. The number of benzene rings is 4. The van der Waals surface area contributed by atoms with E-state index in [1.807, 2.05) is 0 Å². The summed E-state index contributed by atoms with van der Waals surface area (Å²) < 4.78 is 72.0. The van der Waals surface area contributed by atoms with Gasteiger partial charge in [0.25, 0.3) is 0 Å². The highest BCUT2D eigenvalue weighted by atomic mass is 19.4. The molecule has 0 aliphatic rings. The molecule has 9 heteroatoms. The van der Waals surface area contributed by atoms with E-state index >= 15 is 0 Å². The van der Waals surface area contributed by atoms with E-state index in [2.05, 4.69) is 10.3 Å². The molecule has 0 saturated heterocycles. The van der Waals surface area contributed by atoms with E-state index in [0.29, 0.717) is 11.2 Å². The molecule has 4 aromatic carbocycles. The van der Waals surface area contributed by atoms with E-state index in [-0.39, 0.29) is 16.3 Å². The third-order valence-electron chi connectivity index (χ3n) is 5.61. The summed E-state index contributed by atoms with van der Waals surface area (Å²) in [6.07, 6.45) is -5.13. The first kappa shape index (κ1) is 21.0. The van der Waals surface area contributed by atoms with Crippen molar-refractivity contribution in [3.05, 3.63) is 102 Å². The highest BCUT2D eigenvalue weighted by Crippen LogP contribution is 2.47.